The predicted molar refractivity (Wildman–Crippen MR) is 103 cm³/mol. The van der Waals surface area contributed by atoms with Gasteiger partial charge in [0.15, 0.2) is 4.77 Å². The Balaban J connectivity index is 1.41. The maximum Gasteiger partial charge on any atom is 0.225 e. The van der Waals surface area contributed by atoms with Crippen molar-refractivity contribution in [2.45, 2.75) is 19.5 Å². The number of fused-ring (bicyclic) bond motifs is 1. The molecule has 0 N–H and O–H groups in total. The smallest absolute Gasteiger partial charge is 0.225 e. The summed E-state index contributed by atoms with van der Waals surface area (Å²) in [4.78, 5) is 17.1. The second kappa shape index (κ2) is 7.50. The van der Waals surface area contributed by atoms with Crippen molar-refractivity contribution in [3.63, 3.8) is 0 Å². The van der Waals surface area contributed by atoms with Gasteiger partial charge in [0, 0.05) is 39.1 Å². The first-order chi connectivity index (χ1) is 12.6. The molecule has 0 atom stereocenters. The molecular weight excluding hydrogens is 348 g/mol. The second-order valence-corrected chi connectivity index (χ2v) is 7.59. The number of aryl methyl sites for hydroxylation is 1. The van der Waals surface area contributed by atoms with Crippen LogP contribution in [0.2, 0.25) is 0 Å². The van der Waals surface area contributed by atoms with E-state index in [2.05, 4.69) is 32.2 Å². The number of rotatable bonds is 3. The third-order valence-corrected chi connectivity index (χ3v) is 6.15. The fourth-order valence-electron chi connectivity index (χ4n) is 4.06. The van der Waals surface area contributed by atoms with Gasteiger partial charge in [-0.25, -0.2) is 0 Å². The number of aromatic nitrogens is 2. The minimum atomic E-state index is 0.157. The van der Waals surface area contributed by atoms with E-state index in [0.717, 1.165) is 56.0 Å². The van der Waals surface area contributed by atoms with Crippen LogP contribution in [0.25, 0.3) is 11.0 Å². The van der Waals surface area contributed by atoms with Crippen molar-refractivity contribution in [3.8, 4) is 0 Å². The summed E-state index contributed by atoms with van der Waals surface area (Å²) in [6.45, 7) is 5.48. The van der Waals surface area contributed by atoms with E-state index < -0.39 is 0 Å². The van der Waals surface area contributed by atoms with Crippen LogP contribution >= 0.6 is 12.2 Å². The lowest BCUT2D eigenvalue weighted by Crippen LogP contribution is -2.46. The number of ether oxygens (including phenoxy) is 1. The fraction of sp³-hybridized carbons (Fsp3) is 0.579. The molecule has 0 spiro atoms. The van der Waals surface area contributed by atoms with Gasteiger partial charge in [0.2, 0.25) is 5.91 Å². The number of hydrogen-bond donors (Lipinski definition) is 0. The molecule has 0 bridgehead atoms. The van der Waals surface area contributed by atoms with Crippen LogP contribution < -0.4 is 0 Å². The van der Waals surface area contributed by atoms with E-state index in [0.29, 0.717) is 19.1 Å². The van der Waals surface area contributed by atoms with E-state index in [4.69, 9.17) is 17.0 Å². The lowest BCUT2D eigenvalue weighted by Gasteiger charge is -2.35. The van der Waals surface area contributed by atoms with Crippen LogP contribution in [0.1, 0.15) is 12.8 Å². The van der Waals surface area contributed by atoms with Crippen molar-refractivity contribution >= 4 is 29.2 Å². The summed E-state index contributed by atoms with van der Waals surface area (Å²) in [6, 6.07) is 8.33. The summed E-state index contributed by atoms with van der Waals surface area (Å²) >= 11 is 5.64. The molecule has 2 aliphatic rings. The topological polar surface area (TPSA) is 42.6 Å². The summed E-state index contributed by atoms with van der Waals surface area (Å²) in [6.07, 6.45) is 1.85. The maximum absolute atomic E-state index is 12.7. The number of amides is 1. The molecule has 2 aromatic rings. The van der Waals surface area contributed by atoms with Gasteiger partial charge in [-0.15, -0.1) is 0 Å². The van der Waals surface area contributed by atoms with Crippen LogP contribution in [-0.2, 0) is 23.2 Å². The Morgan fingerprint density at radius 3 is 2.46 bits per heavy atom. The molecule has 0 aliphatic carbocycles. The largest absolute Gasteiger partial charge is 0.378 e. The molecule has 0 unspecified atom stereocenters. The van der Waals surface area contributed by atoms with Gasteiger partial charge in [0.25, 0.3) is 0 Å². The number of piperidine rings is 1. The number of likely N-dealkylation sites (tertiary alicyclic amines) is 1. The van der Waals surface area contributed by atoms with Gasteiger partial charge in [-0.3, -0.25) is 9.69 Å². The standard InChI is InChI=1S/C19H26N4O2S/c1-20-16-4-2-3-5-17(16)23(19(20)26)14-21-8-6-15(7-9-21)18(24)22-10-12-25-13-11-22/h2-5,15H,6-14H2,1H3. The van der Waals surface area contributed by atoms with Gasteiger partial charge in [-0.2, -0.15) is 0 Å². The Labute approximate surface area is 158 Å². The normalized spacial score (nSPS) is 20.0. The fourth-order valence-corrected chi connectivity index (χ4v) is 4.32. The van der Waals surface area contributed by atoms with E-state index >= 15 is 0 Å². The van der Waals surface area contributed by atoms with Crippen LogP contribution in [0.15, 0.2) is 24.3 Å². The molecule has 1 amide bonds. The van der Waals surface area contributed by atoms with Crippen molar-refractivity contribution in [1.29, 1.82) is 0 Å². The summed E-state index contributed by atoms with van der Waals surface area (Å²) in [5, 5.41) is 0. The lowest BCUT2D eigenvalue weighted by atomic mass is 9.95. The minimum absolute atomic E-state index is 0.157. The molecule has 0 saturated carbocycles. The average molecular weight is 375 g/mol. The van der Waals surface area contributed by atoms with Crippen molar-refractivity contribution in [3.05, 3.63) is 29.0 Å². The van der Waals surface area contributed by atoms with Gasteiger partial charge in [-0.05, 0) is 37.2 Å². The zero-order valence-corrected chi connectivity index (χ0v) is 16.1. The Bertz CT molecular complexity index is 845. The van der Waals surface area contributed by atoms with Crippen LogP contribution in [0.4, 0.5) is 0 Å². The van der Waals surface area contributed by atoms with E-state index in [1.165, 1.54) is 5.52 Å². The molecule has 7 heteroatoms. The summed E-state index contributed by atoms with van der Waals surface area (Å²) in [5.74, 6) is 0.472. The molecule has 1 aromatic heterocycles. The van der Waals surface area contributed by atoms with Crippen LogP contribution in [-0.4, -0.2) is 64.2 Å². The molecule has 140 valence electrons. The molecule has 2 aliphatic heterocycles. The van der Waals surface area contributed by atoms with Crippen LogP contribution in [0.5, 0.6) is 0 Å². The highest BCUT2D eigenvalue weighted by molar-refractivity contribution is 7.71. The van der Waals surface area contributed by atoms with Gasteiger partial charge < -0.3 is 18.8 Å². The highest BCUT2D eigenvalue weighted by atomic mass is 32.1. The van der Waals surface area contributed by atoms with Crippen molar-refractivity contribution in [1.82, 2.24) is 18.9 Å². The lowest BCUT2D eigenvalue weighted by molar-refractivity contribution is -0.141. The number of para-hydroxylation sites is 2. The molecular formula is C19H26N4O2S. The molecule has 6 nitrogen and oxygen atoms in total. The first-order valence-electron chi connectivity index (χ1n) is 9.38. The average Bonchev–Trinajstić information content (AvgIpc) is 2.94. The van der Waals surface area contributed by atoms with Crippen molar-refractivity contribution in [2.24, 2.45) is 13.0 Å². The predicted octanol–water partition coefficient (Wildman–Crippen LogP) is 2.24. The third kappa shape index (κ3) is 3.31. The third-order valence-electron chi connectivity index (χ3n) is 5.65. The van der Waals surface area contributed by atoms with Gasteiger partial charge >= 0.3 is 0 Å². The number of imidazole rings is 1. The number of carbonyl (C=O) groups excluding carboxylic acids is 1. The molecule has 2 saturated heterocycles. The zero-order valence-electron chi connectivity index (χ0n) is 15.3. The van der Waals surface area contributed by atoms with E-state index in [9.17, 15) is 4.79 Å². The molecule has 3 heterocycles. The van der Waals surface area contributed by atoms with Crippen LogP contribution in [0, 0.1) is 10.7 Å². The quantitative estimate of drug-likeness (QED) is 0.773. The molecule has 0 radical (unpaired) electrons. The molecule has 26 heavy (non-hydrogen) atoms. The zero-order chi connectivity index (χ0) is 18.1. The van der Waals surface area contributed by atoms with Gasteiger partial charge in [0.1, 0.15) is 0 Å². The van der Waals surface area contributed by atoms with E-state index in [1.54, 1.807) is 0 Å². The highest BCUT2D eigenvalue weighted by Gasteiger charge is 2.29. The van der Waals surface area contributed by atoms with Gasteiger partial charge in [0.05, 0.1) is 30.9 Å². The molecule has 2 fully saturated rings. The summed E-state index contributed by atoms with van der Waals surface area (Å²) in [5.41, 5.74) is 2.33. The minimum Gasteiger partial charge on any atom is -0.378 e. The van der Waals surface area contributed by atoms with Crippen molar-refractivity contribution in [2.75, 3.05) is 39.4 Å². The summed E-state index contributed by atoms with van der Waals surface area (Å²) in [7, 11) is 2.02. The first-order valence-corrected chi connectivity index (χ1v) is 9.79. The number of hydrogen-bond acceptors (Lipinski definition) is 4. The van der Waals surface area contributed by atoms with Crippen molar-refractivity contribution < 1.29 is 9.53 Å². The van der Waals surface area contributed by atoms with E-state index in [-0.39, 0.29) is 5.92 Å². The summed E-state index contributed by atoms with van der Waals surface area (Å²) < 4.78 is 10.5. The molecule has 4 rings (SSSR count). The Kier molecular flexibility index (Phi) is 5.11. The maximum atomic E-state index is 12.7. The van der Waals surface area contributed by atoms with Gasteiger partial charge in [-0.1, -0.05) is 12.1 Å². The monoisotopic (exact) mass is 374 g/mol. The molecule has 1 aromatic carbocycles. The highest BCUT2D eigenvalue weighted by Crippen LogP contribution is 2.23. The number of morpholine rings is 1. The number of nitrogens with zero attached hydrogens (tertiary/aromatic N) is 4. The first kappa shape index (κ1) is 17.7. The number of carbonyl (C=O) groups is 1. The Morgan fingerprint density at radius 1 is 1.12 bits per heavy atom. The number of benzene rings is 1. The van der Waals surface area contributed by atoms with Crippen LogP contribution in [0.3, 0.4) is 0 Å². The van der Waals surface area contributed by atoms with E-state index in [1.807, 2.05) is 18.0 Å². The Hall–Kier alpha value is -1.70. The SMILES string of the molecule is Cn1c(=S)n(CN2CCC(C(=O)N3CCOCC3)CC2)c2ccccc21. The second-order valence-electron chi connectivity index (χ2n) is 7.23. The Morgan fingerprint density at radius 2 is 1.77 bits per heavy atom.